The molecule has 2 aromatic heterocycles. The van der Waals surface area contributed by atoms with Crippen LogP contribution in [0.2, 0.25) is 0 Å². The van der Waals surface area contributed by atoms with Gasteiger partial charge in [0.15, 0.2) is 22.5 Å². The number of hydrogen-bond donors (Lipinski definition) is 1. The number of benzene rings is 1. The van der Waals surface area contributed by atoms with Gasteiger partial charge >= 0.3 is 0 Å². The van der Waals surface area contributed by atoms with Crippen LogP contribution in [0.25, 0.3) is 11.4 Å². The van der Waals surface area contributed by atoms with Gasteiger partial charge in [-0.15, -0.1) is 16.8 Å². The molecule has 4 rings (SSSR count). The zero-order chi connectivity index (χ0) is 20.2. The summed E-state index contributed by atoms with van der Waals surface area (Å²) in [7, 11) is 0. The number of nitrogens with one attached hydrogen (secondary N) is 1. The lowest BCUT2D eigenvalue weighted by Gasteiger charge is -2.13. The summed E-state index contributed by atoms with van der Waals surface area (Å²) in [5.74, 6) is 1.85. The van der Waals surface area contributed by atoms with Crippen molar-refractivity contribution in [1.29, 1.82) is 0 Å². The second-order valence-corrected chi connectivity index (χ2v) is 7.57. The van der Waals surface area contributed by atoms with Crippen LogP contribution in [0.3, 0.4) is 0 Å². The maximum atomic E-state index is 12.7. The summed E-state index contributed by atoms with van der Waals surface area (Å²) in [6.07, 6.45) is 5.18. The molecule has 1 aromatic carbocycles. The number of pyridine rings is 1. The Bertz CT molecular complexity index is 1040. The number of carbonyl (C=O) groups excluding carboxylic acids is 1. The van der Waals surface area contributed by atoms with Crippen molar-refractivity contribution in [3.8, 4) is 22.9 Å². The summed E-state index contributed by atoms with van der Waals surface area (Å²) in [5, 5.41) is 11.7. The molecule has 0 fully saturated rings. The lowest BCUT2D eigenvalue weighted by Crippen LogP contribution is -2.23. The number of fused-ring (bicyclic) bond motifs is 1. The first kappa shape index (κ1) is 19.0. The minimum Gasteiger partial charge on any atom is -0.454 e. The molecule has 1 aliphatic heterocycles. The zero-order valence-corrected chi connectivity index (χ0v) is 16.6. The number of hydrogen-bond acceptors (Lipinski definition) is 7. The SMILES string of the molecule is C=CCn1c(SC(C)C(=O)Nc2ccc3c(c2)OCO3)nnc1-c1ccncc1. The molecule has 1 amide bonds. The molecule has 1 unspecified atom stereocenters. The third kappa shape index (κ3) is 4.09. The Labute approximate surface area is 172 Å². The average Bonchev–Trinajstić information content (AvgIpc) is 3.36. The molecular weight excluding hydrogens is 390 g/mol. The largest absolute Gasteiger partial charge is 0.454 e. The monoisotopic (exact) mass is 409 g/mol. The standard InChI is InChI=1S/C20H19N5O3S/c1-3-10-25-18(14-6-8-21-9-7-14)23-24-20(25)29-13(2)19(26)22-15-4-5-16-17(11-15)28-12-27-16/h3-9,11,13H,1,10,12H2,2H3,(H,22,26). The molecular formula is C20H19N5O3S. The molecule has 29 heavy (non-hydrogen) atoms. The van der Waals surface area contributed by atoms with Crippen LogP contribution in [0.5, 0.6) is 11.5 Å². The van der Waals surface area contributed by atoms with E-state index >= 15 is 0 Å². The quantitative estimate of drug-likeness (QED) is 0.472. The molecule has 0 radical (unpaired) electrons. The minimum absolute atomic E-state index is 0.146. The van der Waals surface area contributed by atoms with E-state index in [1.54, 1.807) is 36.7 Å². The fraction of sp³-hybridized carbons (Fsp3) is 0.200. The van der Waals surface area contributed by atoms with Gasteiger partial charge in [-0.1, -0.05) is 17.8 Å². The van der Waals surface area contributed by atoms with E-state index in [-0.39, 0.29) is 12.7 Å². The topological polar surface area (TPSA) is 91.2 Å². The Kier molecular flexibility index (Phi) is 5.48. The van der Waals surface area contributed by atoms with Gasteiger partial charge in [0.05, 0.1) is 5.25 Å². The van der Waals surface area contributed by atoms with E-state index in [0.717, 1.165) is 5.56 Å². The van der Waals surface area contributed by atoms with Gasteiger partial charge in [-0.3, -0.25) is 14.3 Å². The van der Waals surface area contributed by atoms with Gasteiger partial charge < -0.3 is 14.8 Å². The lowest BCUT2D eigenvalue weighted by molar-refractivity contribution is -0.115. The summed E-state index contributed by atoms with van der Waals surface area (Å²) in [6.45, 7) is 6.36. The Balaban J connectivity index is 1.49. The summed E-state index contributed by atoms with van der Waals surface area (Å²) in [5.41, 5.74) is 1.55. The fourth-order valence-electron chi connectivity index (χ4n) is 2.81. The maximum absolute atomic E-state index is 12.7. The van der Waals surface area contributed by atoms with Gasteiger partial charge in [0.2, 0.25) is 12.7 Å². The second kappa shape index (κ2) is 8.36. The summed E-state index contributed by atoms with van der Waals surface area (Å²) >= 11 is 1.34. The first-order valence-corrected chi connectivity index (χ1v) is 9.85. The molecule has 8 nitrogen and oxygen atoms in total. The number of thioether (sulfide) groups is 1. The molecule has 3 aromatic rings. The van der Waals surface area contributed by atoms with E-state index in [9.17, 15) is 4.79 Å². The van der Waals surface area contributed by atoms with Crippen LogP contribution in [0.1, 0.15) is 6.92 Å². The van der Waals surface area contributed by atoms with Crippen molar-refractivity contribution in [2.24, 2.45) is 0 Å². The molecule has 148 valence electrons. The van der Waals surface area contributed by atoms with Crippen molar-refractivity contribution >= 4 is 23.4 Å². The highest BCUT2D eigenvalue weighted by atomic mass is 32.2. The maximum Gasteiger partial charge on any atom is 0.237 e. The number of aromatic nitrogens is 4. The molecule has 0 saturated carbocycles. The van der Waals surface area contributed by atoms with Crippen molar-refractivity contribution < 1.29 is 14.3 Å². The predicted octanol–water partition coefficient (Wildman–Crippen LogP) is 3.37. The Morgan fingerprint density at radius 2 is 2.07 bits per heavy atom. The van der Waals surface area contributed by atoms with Gasteiger partial charge in [0.1, 0.15) is 0 Å². The Morgan fingerprint density at radius 3 is 2.86 bits per heavy atom. The number of amides is 1. The van der Waals surface area contributed by atoms with Crippen molar-refractivity contribution in [1.82, 2.24) is 19.7 Å². The molecule has 1 atom stereocenters. The van der Waals surface area contributed by atoms with Crippen LogP contribution in [0.15, 0.2) is 60.5 Å². The van der Waals surface area contributed by atoms with Crippen LogP contribution < -0.4 is 14.8 Å². The second-order valence-electron chi connectivity index (χ2n) is 6.26. The van der Waals surface area contributed by atoms with Crippen LogP contribution in [0.4, 0.5) is 5.69 Å². The number of nitrogens with zero attached hydrogens (tertiary/aromatic N) is 4. The third-order valence-corrected chi connectivity index (χ3v) is 5.34. The smallest absolute Gasteiger partial charge is 0.237 e. The minimum atomic E-state index is -0.390. The van der Waals surface area contributed by atoms with Crippen LogP contribution >= 0.6 is 11.8 Å². The van der Waals surface area contributed by atoms with E-state index in [1.807, 2.05) is 23.6 Å². The first-order chi connectivity index (χ1) is 14.2. The van der Waals surface area contributed by atoms with Gasteiger partial charge in [-0.05, 0) is 31.2 Å². The van der Waals surface area contributed by atoms with Crippen molar-refractivity contribution in [2.75, 3.05) is 12.1 Å². The number of allylic oxidation sites excluding steroid dienone is 1. The molecule has 0 spiro atoms. The van der Waals surface area contributed by atoms with Gasteiger partial charge in [0, 0.05) is 36.3 Å². The normalized spacial score (nSPS) is 13.1. The highest BCUT2D eigenvalue weighted by molar-refractivity contribution is 8.00. The number of carbonyl (C=O) groups is 1. The fourth-order valence-corrected chi connectivity index (χ4v) is 3.67. The van der Waals surface area contributed by atoms with Gasteiger partial charge in [0.25, 0.3) is 0 Å². The van der Waals surface area contributed by atoms with E-state index in [4.69, 9.17) is 9.47 Å². The van der Waals surface area contributed by atoms with Crippen LogP contribution in [-0.4, -0.2) is 37.7 Å². The highest BCUT2D eigenvalue weighted by Crippen LogP contribution is 2.34. The van der Waals surface area contributed by atoms with Crippen molar-refractivity contribution in [2.45, 2.75) is 23.9 Å². The molecule has 0 saturated heterocycles. The van der Waals surface area contributed by atoms with E-state index < -0.39 is 5.25 Å². The summed E-state index contributed by atoms with van der Waals surface area (Å²) in [6, 6.07) is 9.04. The molecule has 9 heteroatoms. The lowest BCUT2D eigenvalue weighted by atomic mass is 10.2. The van der Waals surface area contributed by atoms with Crippen molar-refractivity contribution in [3.05, 3.63) is 55.4 Å². The first-order valence-electron chi connectivity index (χ1n) is 8.97. The van der Waals surface area contributed by atoms with E-state index in [1.165, 1.54) is 11.8 Å². The van der Waals surface area contributed by atoms with Crippen LogP contribution in [-0.2, 0) is 11.3 Å². The highest BCUT2D eigenvalue weighted by Gasteiger charge is 2.21. The summed E-state index contributed by atoms with van der Waals surface area (Å²) in [4.78, 5) is 16.7. The predicted molar refractivity (Wildman–Crippen MR) is 110 cm³/mol. The molecule has 1 N–H and O–H groups in total. The third-order valence-electron chi connectivity index (χ3n) is 4.26. The van der Waals surface area contributed by atoms with Crippen LogP contribution in [0, 0.1) is 0 Å². The van der Waals surface area contributed by atoms with Crippen molar-refractivity contribution in [3.63, 3.8) is 0 Å². The number of rotatable bonds is 7. The molecule has 3 heterocycles. The van der Waals surface area contributed by atoms with E-state index in [2.05, 4.69) is 27.1 Å². The number of anilines is 1. The average molecular weight is 409 g/mol. The summed E-state index contributed by atoms with van der Waals surface area (Å²) < 4.78 is 12.6. The molecule has 1 aliphatic rings. The van der Waals surface area contributed by atoms with E-state index in [0.29, 0.717) is 34.7 Å². The van der Waals surface area contributed by atoms with Gasteiger partial charge in [-0.25, -0.2) is 0 Å². The molecule has 0 aliphatic carbocycles. The Hall–Kier alpha value is -3.33. The number of ether oxygens (including phenoxy) is 2. The molecule has 0 bridgehead atoms. The Morgan fingerprint density at radius 1 is 1.28 bits per heavy atom. The zero-order valence-electron chi connectivity index (χ0n) is 15.7. The van der Waals surface area contributed by atoms with Gasteiger partial charge in [-0.2, -0.15) is 0 Å².